The molecule has 0 fully saturated rings. The van der Waals surface area contributed by atoms with E-state index in [0.29, 0.717) is 0 Å². The highest BCUT2D eigenvalue weighted by Gasteiger charge is 2.30. The molecule has 0 aromatic rings. The number of nitrogens with zero attached hydrogens (tertiary/aromatic N) is 1. The van der Waals surface area contributed by atoms with E-state index in [1.54, 1.807) is 6.92 Å². The van der Waals surface area contributed by atoms with Crippen molar-refractivity contribution in [1.29, 1.82) is 0 Å². The third kappa shape index (κ3) is 7.11. The van der Waals surface area contributed by atoms with Crippen molar-refractivity contribution in [3.8, 4) is 0 Å². The minimum absolute atomic E-state index is 0.0240. The maximum absolute atomic E-state index is 12.0. The van der Waals surface area contributed by atoms with Crippen LogP contribution in [0.5, 0.6) is 0 Å². The van der Waals surface area contributed by atoms with Crippen molar-refractivity contribution in [3.05, 3.63) is 0 Å². The molecule has 0 aliphatic carbocycles. The summed E-state index contributed by atoms with van der Waals surface area (Å²) < 4.78 is 36.0. The van der Waals surface area contributed by atoms with Crippen molar-refractivity contribution in [3.63, 3.8) is 0 Å². The fourth-order valence-electron chi connectivity index (χ4n) is 1.13. The number of aliphatic hydroxyl groups excluding tert-OH is 2. The third-order valence-electron chi connectivity index (χ3n) is 1.70. The first-order valence-electron chi connectivity index (χ1n) is 4.40. The molecule has 14 heavy (non-hydrogen) atoms. The zero-order chi connectivity index (χ0) is 11.2. The van der Waals surface area contributed by atoms with Gasteiger partial charge in [-0.25, -0.2) is 0 Å². The van der Waals surface area contributed by atoms with Gasteiger partial charge in [-0.1, -0.05) is 6.92 Å². The quantitative estimate of drug-likeness (QED) is 0.677. The van der Waals surface area contributed by atoms with E-state index in [0.717, 1.165) is 4.90 Å². The summed E-state index contributed by atoms with van der Waals surface area (Å²) in [6.07, 6.45) is -4.26. The summed E-state index contributed by atoms with van der Waals surface area (Å²) in [5, 5.41) is 17.2. The molecule has 0 saturated heterocycles. The maximum Gasteiger partial charge on any atom is 0.401 e. The second-order valence-electron chi connectivity index (χ2n) is 3.36. The van der Waals surface area contributed by atoms with Crippen molar-refractivity contribution >= 4 is 0 Å². The molecule has 0 bridgehead atoms. The van der Waals surface area contributed by atoms with Gasteiger partial charge in [-0.15, -0.1) is 0 Å². The predicted octanol–water partition coefficient (Wildman–Crippen LogP) is 0.471. The Kier molecular flexibility index (Phi) is 6.06. The van der Waals surface area contributed by atoms with Crippen LogP contribution < -0.4 is 0 Å². The molecule has 3 nitrogen and oxygen atoms in total. The summed E-state index contributed by atoms with van der Waals surface area (Å²) in [7, 11) is 0. The van der Waals surface area contributed by atoms with Crippen molar-refractivity contribution in [1.82, 2.24) is 4.90 Å². The Labute approximate surface area is 81.1 Å². The van der Waals surface area contributed by atoms with E-state index in [1.807, 2.05) is 0 Å². The van der Waals surface area contributed by atoms with Crippen LogP contribution in [-0.2, 0) is 0 Å². The predicted molar refractivity (Wildman–Crippen MR) is 45.8 cm³/mol. The van der Waals surface area contributed by atoms with E-state index in [-0.39, 0.29) is 32.2 Å². The van der Waals surface area contributed by atoms with Gasteiger partial charge in [0.15, 0.2) is 0 Å². The highest BCUT2D eigenvalue weighted by molar-refractivity contribution is 4.65. The second kappa shape index (κ2) is 6.21. The summed E-state index contributed by atoms with van der Waals surface area (Å²) in [6, 6.07) is 0. The first-order chi connectivity index (χ1) is 6.39. The Hall–Kier alpha value is -0.330. The van der Waals surface area contributed by atoms with Crippen LogP contribution in [0, 0.1) is 5.92 Å². The van der Waals surface area contributed by atoms with Gasteiger partial charge in [0.05, 0.1) is 13.2 Å². The number of alkyl halides is 3. The Bertz CT molecular complexity index is 152. The average molecular weight is 215 g/mol. The smallest absolute Gasteiger partial charge is 0.396 e. The Morgan fingerprint density at radius 2 is 1.86 bits per heavy atom. The lowest BCUT2D eigenvalue weighted by Gasteiger charge is -2.24. The fraction of sp³-hybridized carbons (Fsp3) is 1.00. The third-order valence-corrected chi connectivity index (χ3v) is 1.70. The highest BCUT2D eigenvalue weighted by atomic mass is 19.4. The number of hydrogen-bond donors (Lipinski definition) is 2. The molecule has 0 aliphatic heterocycles. The maximum atomic E-state index is 12.0. The first-order valence-corrected chi connectivity index (χ1v) is 4.40. The molecule has 1 atom stereocenters. The lowest BCUT2D eigenvalue weighted by atomic mass is 10.2. The van der Waals surface area contributed by atoms with Crippen molar-refractivity contribution in [2.45, 2.75) is 13.1 Å². The average Bonchev–Trinajstić information content (AvgIpc) is 2.01. The largest absolute Gasteiger partial charge is 0.401 e. The van der Waals surface area contributed by atoms with Crippen LogP contribution >= 0.6 is 0 Å². The molecule has 2 N–H and O–H groups in total. The van der Waals surface area contributed by atoms with E-state index in [2.05, 4.69) is 0 Å². The fourth-order valence-corrected chi connectivity index (χ4v) is 1.13. The number of halogens is 3. The van der Waals surface area contributed by atoms with E-state index >= 15 is 0 Å². The molecule has 0 aliphatic rings. The molecule has 86 valence electrons. The molecule has 0 aromatic carbocycles. The van der Waals surface area contributed by atoms with Crippen LogP contribution in [0.2, 0.25) is 0 Å². The summed E-state index contributed by atoms with van der Waals surface area (Å²) in [5.41, 5.74) is 0. The van der Waals surface area contributed by atoms with Gasteiger partial charge in [-0.3, -0.25) is 4.90 Å². The van der Waals surface area contributed by atoms with Crippen LogP contribution in [-0.4, -0.2) is 54.1 Å². The molecule has 1 unspecified atom stereocenters. The van der Waals surface area contributed by atoms with Crippen LogP contribution in [0.25, 0.3) is 0 Å². The number of rotatable bonds is 6. The van der Waals surface area contributed by atoms with Crippen molar-refractivity contribution in [2.75, 3.05) is 32.8 Å². The lowest BCUT2D eigenvalue weighted by molar-refractivity contribution is -0.148. The molecule has 0 amide bonds. The van der Waals surface area contributed by atoms with Crippen molar-refractivity contribution in [2.24, 2.45) is 5.92 Å². The van der Waals surface area contributed by atoms with Crippen LogP contribution in [0.15, 0.2) is 0 Å². The standard InChI is InChI=1S/C8H16F3NO2/c1-7(5-14)4-12(2-3-13)6-8(9,10)11/h7,13-14H,2-6H2,1H3. The lowest BCUT2D eigenvalue weighted by Crippen LogP contribution is -2.39. The van der Waals surface area contributed by atoms with Gasteiger partial charge in [0, 0.05) is 19.7 Å². The zero-order valence-corrected chi connectivity index (χ0v) is 8.09. The van der Waals surface area contributed by atoms with Gasteiger partial charge in [0.2, 0.25) is 0 Å². The van der Waals surface area contributed by atoms with E-state index in [9.17, 15) is 13.2 Å². The van der Waals surface area contributed by atoms with Gasteiger partial charge in [0.1, 0.15) is 0 Å². The molecule has 0 heterocycles. The zero-order valence-electron chi connectivity index (χ0n) is 8.09. The number of hydrogen-bond acceptors (Lipinski definition) is 3. The van der Waals surface area contributed by atoms with Gasteiger partial charge < -0.3 is 10.2 Å². The minimum Gasteiger partial charge on any atom is -0.396 e. The molecular formula is C8H16F3NO2. The Balaban J connectivity index is 4.01. The first kappa shape index (κ1) is 13.7. The van der Waals surface area contributed by atoms with Crippen LogP contribution in [0.1, 0.15) is 6.92 Å². The molecular weight excluding hydrogens is 199 g/mol. The van der Waals surface area contributed by atoms with E-state index in [1.165, 1.54) is 0 Å². The van der Waals surface area contributed by atoms with Gasteiger partial charge in [-0.05, 0) is 5.92 Å². The molecule has 0 spiro atoms. The van der Waals surface area contributed by atoms with Crippen LogP contribution in [0.3, 0.4) is 0 Å². The van der Waals surface area contributed by atoms with E-state index < -0.39 is 12.7 Å². The molecule has 0 saturated carbocycles. The summed E-state index contributed by atoms with van der Waals surface area (Å²) in [4.78, 5) is 1.08. The normalized spacial score (nSPS) is 14.8. The highest BCUT2D eigenvalue weighted by Crippen LogP contribution is 2.16. The Morgan fingerprint density at radius 1 is 1.29 bits per heavy atom. The SMILES string of the molecule is CC(CO)CN(CCO)CC(F)(F)F. The van der Waals surface area contributed by atoms with Gasteiger partial charge in [-0.2, -0.15) is 13.2 Å². The van der Waals surface area contributed by atoms with E-state index in [4.69, 9.17) is 10.2 Å². The summed E-state index contributed by atoms with van der Waals surface area (Å²) in [5.74, 6) is -0.219. The van der Waals surface area contributed by atoms with Crippen molar-refractivity contribution < 1.29 is 23.4 Å². The Morgan fingerprint density at radius 3 is 2.21 bits per heavy atom. The summed E-state index contributed by atoms with van der Waals surface area (Å²) >= 11 is 0. The molecule has 6 heteroatoms. The van der Waals surface area contributed by atoms with Crippen LogP contribution in [0.4, 0.5) is 13.2 Å². The second-order valence-corrected chi connectivity index (χ2v) is 3.36. The minimum atomic E-state index is -4.26. The monoisotopic (exact) mass is 215 g/mol. The topological polar surface area (TPSA) is 43.7 Å². The molecule has 0 aromatic heterocycles. The van der Waals surface area contributed by atoms with Gasteiger partial charge in [0.25, 0.3) is 0 Å². The molecule has 0 rings (SSSR count). The van der Waals surface area contributed by atoms with Gasteiger partial charge >= 0.3 is 6.18 Å². The number of aliphatic hydroxyl groups is 2. The molecule has 0 radical (unpaired) electrons. The summed E-state index contributed by atoms with van der Waals surface area (Å²) in [6.45, 7) is 0.257.